The molecule has 7 heteroatoms. The van der Waals surface area contributed by atoms with Crippen molar-refractivity contribution in [3.05, 3.63) is 61.1 Å². The zero-order valence-electron chi connectivity index (χ0n) is 16.6. The van der Waals surface area contributed by atoms with Crippen molar-refractivity contribution in [3.63, 3.8) is 0 Å². The summed E-state index contributed by atoms with van der Waals surface area (Å²) >= 11 is 0. The Bertz CT molecular complexity index is 936. The minimum atomic E-state index is -0.279. The van der Waals surface area contributed by atoms with Crippen LogP contribution in [0.25, 0.3) is 11.3 Å². The lowest BCUT2D eigenvalue weighted by molar-refractivity contribution is 0.262. The van der Waals surface area contributed by atoms with Gasteiger partial charge in [0.1, 0.15) is 0 Å². The van der Waals surface area contributed by atoms with E-state index in [2.05, 4.69) is 51.6 Å². The van der Waals surface area contributed by atoms with Crippen molar-refractivity contribution in [1.82, 2.24) is 9.88 Å². The molecule has 150 valence electrons. The van der Waals surface area contributed by atoms with E-state index in [0.29, 0.717) is 17.5 Å². The Labute approximate surface area is 170 Å². The number of rotatable bonds is 5. The fourth-order valence-electron chi connectivity index (χ4n) is 3.52. The molecule has 0 bridgehead atoms. The number of nitrogens with zero attached hydrogens (tertiary/aromatic N) is 3. The lowest BCUT2D eigenvalue weighted by Gasteiger charge is -2.22. The number of nitrogens with one attached hydrogen (secondary N) is 2. The summed E-state index contributed by atoms with van der Waals surface area (Å²) in [5.74, 6) is 0.691. The molecular formula is C22H25N5O2. The summed E-state index contributed by atoms with van der Waals surface area (Å²) < 4.78 is 5.27. The van der Waals surface area contributed by atoms with Gasteiger partial charge < -0.3 is 24.9 Å². The molecule has 7 nitrogen and oxygen atoms in total. The minimum absolute atomic E-state index is 0.279. The highest BCUT2D eigenvalue weighted by Gasteiger charge is 2.23. The minimum Gasteiger partial charge on any atom is -0.444 e. The number of likely N-dealkylation sites (N-methyl/N-ethyl adjacent to an activating group) is 1. The fraction of sp³-hybridized carbons (Fsp3) is 0.273. The van der Waals surface area contributed by atoms with Gasteiger partial charge in [0, 0.05) is 41.8 Å². The highest BCUT2D eigenvalue weighted by molar-refractivity contribution is 5.99. The number of urea groups is 1. The number of hydrogen-bond acceptors (Lipinski definition) is 5. The number of carbonyl (C=O) groups excluding carboxylic acids is 1. The van der Waals surface area contributed by atoms with Crippen LogP contribution >= 0.6 is 0 Å². The quantitative estimate of drug-likeness (QED) is 0.684. The van der Waals surface area contributed by atoms with E-state index in [4.69, 9.17) is 4.42 Å². The molecule has 1 aliphatic rings. The van der Waals surface area contributed by atoms with E-state index in [9.17, 15) is 4.79 Å². The van der Waals surface area contributed by atoms with Crippen molar-refractivity contribution >= 4 is 23.1 Å². The van der Waals surface area contributed by atoms with E-state index in [0.717, 1.165) is 24.3 Å². The number of anilines is 3. The summed E-state index contributed by atoms with van der Waals surface area (Å²) in [5.41, 5.74) is 3.55. The van der Waals surface area contributed by atoms with Crippen LogP contribution in [0.2, 0.25) is 0 Å². The van der Waals surface area contributed by atoms with Crippen LogP contribution < -0.4 is 15.5 Å². The molecule has 1 saturated heterocycles. The average molecular weight is 391 g/mol. The van der Waals surface area contributed by atoms with Gasteiger partial charge >= 0.3 is 6.03 Å². The first kappa shape index (κ1) is 19.0. The Balaban J connectivity index is 1.32. The number of hydrogen-bond donors (Lipinski definition) is 2. The van der Waals surface area contributed by atoms with Crippen molar-refractivity contribution in [2.24, 2.45) is 0 Å². The molecule has 0 spiro atoms. The first-order chi connectivity index (χ1) is 14.1. The molecule has 29 heavy (non-hydrogen) atoms. The summed E-state index contributed by atoms with van der Waals surface area (Å²) in [4.78, 5) is 20.9. The van der Waals surface area contributed by atoms with Gasteiger partial charge in [-0.1, -0.05) is 0 Å². The summed E-state index contributed by atoms with van der Waals surface area (Å²) in [6, 6.07) is 15.7. The molecule has 2 heterocycles. The van der Waals surface area contributed by atoms with Crippen molar-refractivity contribution in [3.8, 4) is 11.3 Å². The van der Waals surface area contributed by atoms with Crippen LogP contribution in [0.4, 0.5) is 21.9 Å². The zero-order chi connectivity index (χ0) is 20.2. The molecule has 4 rings (SSSR count). The van der Waals surface area contributed by atoms with Crippen LogP contribution in [-0.4, -0.2) is 49.1 Å². The van der Waals surface area contributed by atoms with Crippen molar-refractivity contribution in [1.29, 1.82) is 0 Å². The highest BCUT2D eigenvalue weighted by atomic mass is 16.3. The maximum atomic E-state index is 12.3. The summed E-state index contributed by atoms with van der Waals surface area (Å²) in [6.07, 6.45) is 4.22. The Morgan fingerprint density at radius 1 is 1.07 bits per heavy atom. The van der Waals surface area contributed by atoms with Crippen LogP contribution in [0.15, 0.2) is 65.5 Å². The normalized spacial score (nSPS) is 16.2. The van der Waals surface area contributed by atoms with Gasteiger partial charge in [-0.25, -0.2) is 9.78 Å². The Morgan fingerprint density at radius 2 is 1.72 bits per heavy atom. The maximum absolute atomic E-state index is 12.3. The largest absolute Gasteiger partial charge is 0.444 e. The Hall–Kier alpha value is -3.32. The Morgan fingerprint density at radius 3 is 2.28 bits per heavy atom. The lowest BCUT2D eigenvalue weighted by atomic mass is 10.2. The van der Waals surface area contributed by atoms with E-state index in [1.807, 2.05) is 36.4 Å². The van der Waals surface area contributed by atoms with Gasteiger partial charge in [-0.2, -0.15) is 0 Å². The van der Waals surface area contributed by atoms with E-state index >= 15 is 0 Å². The number of benzene rings is 2. The van der Waals surface area contributed by atoms with Gasteiger partial charge in [0.15, 0.2) is 12.2 Å². The lowest BCUT2D eigenvalue weighted by Crippen LogP contribution is -2.31. The number of carbonyl (C=O) groups is 1. The SMILES string of the molecule is CN(C)C1CCN(c2ccc(NC(=O)Nc3ccc(-c4cnco4)cc3)cc2)C1. The van der Waals surface area contributed by atoms with Crippen LogP contribution in [0.1, 0.15) is 6.42 Å². The maximum Gasteiger partial charge on any atom is 0.323 e. The van der Waals surface area contributed by atoms with E-state index < -0.39 is 0 Å². The number of amides is 2. The molecular weight excluding hydrogens is 366 g/mol. The predicted molar refractivity (Wildman–Crippen MR) is 115 cm³/mol. The van der Waals surface area contributed by atoms with Crippen molar-refractivity contribution in [2.45, 2.75) is 12.5 Å². The summed E-state index contributed by atoms with van der Waals surface area (Å²) in [7, 11) is 4.25. The van der Waals surface area contributed by atoms with Gasteiger partial charge in [0.2, 0.25) is 0 Å². The zero-order valence-corrected chi connectivity index (χ0v) is 16.6. The third kappa shape index (κ3) is 4.57. The summed E-state index contributed by atoms with van der Waals surface area (Å²) in [5, 5.41) is 5.71. The second kappa shape index (κ2) is 8.36. The molecule has 1 aliphatic heterocycles. The monoisotopic (exact) mass is 391 g/mol. The van der Waals surface area contributed by atoms with Gasteiger partial charge in [0.05, 0.1) is 6.20 Å². The van der Waals surface area contributed by atoms with E-state index in [1.165, 1.54) is 18.5 Å². The average Bonchev–Trinajstić information content (AvgIpc) is 3.42. The van der Waals surface area contributed by atoms with E-state index in [1.54, 1.807) is 6.20 Å². The molecule has 1 unspecified atom stereocenters. The fourth-order valence-corrected chi connectivity index (χ4v) is 3.52. The molecule has 0 radical (unpaired) electrons. The molecule has 3 aromatic rings. The third-order valence-corrected chi connectivity index (χ3v) is 5.24. The second-order valence-electron chi connectivity index (χ2n) is 7.42. The topological polar surface area (TPSA) is 73.6 Å². The smallest absolute Gasteiger partial charge is 0.323 e. The molecule has 2 N–H and O–H groups in total. The first-order valence-electron chi connectivity index (χ1n) is 9.67. The molecule has 2 amide bonds. The number of aromatic nitrogens is 1. The van der Waals surface area contributed by atoms with Crippen molar-refractivity contribution in [2.75, 3.05) is 42.7 Å². The van der Waals surface area contributed by atoms with E-state index in [-0.39, 0.29) is 6.03 Å². The standard InChI is InChI=1S/C22H25N5O2/c1-26(2)20-11-12-27(14-20)19-9-7-18(8-10-19)25-22(28)24-17-5-3-16(4-6-17)21-13-23-15-29-21/h3-10,13,15,20H,11-12,14H2,1-2H3,(H2,24,25,28). The molecule has 0 aliphatic carbocycles. The van der Waals surface area contributed by atoms with Crippen molar-refractivity contribution < 1.29 is 9.21 Å². The van der Waals surface area contributed by atoms with Gasteiger partial charge in [-0.05, 0) is 69.0 Å². The molecule has 1 aromatic heterocycles. The third-order valence-electron chi connectivity index (χ3n) is 5.24. The summed E-state index contributed by atoms with van der Waals surface area (Å²) in [6.45, 7) is 2.09. The van der Waals surface area contributed by atoms with Gasteiger partial charge in [-0.15, -0.1) is 0 Å². The van der Waals surface area contributed by atoms with Crippen LogP contribution in [0.5, 0.6) is 0 Å². The first-order valence-corrected chi connectivity index (χ1v) is 9.67. The molecule has 2 aromatic carbocycles. The molecule has 1 atom stereocenters. The van der Waals surface area contributed by atoms with Crippen LogP contribution in [0.3, 0.4) is 0 Å². The highest BCUT2D eigenvalue weighted by Crippen LogP contribution is 2.24. The Kier molecular flexibility index (Phi) is 5.48. The van der Waals surface area contributed by atoms with Gasteiger partial charge in [-0.3, -0.25) is 0 Å². The predicted octanol–water partition coefficient (Wildman–Crippen LogP) is 4.13. The molecule has 1 fully saturated rings. The van der Waals surface area contributed by atoms with Gasteiger partial charge in [0.25, 0.3) is 0 Å². The molecule has 0 saturated carbocycles. The second-order valence-corrected chi connectivity index (χ2v) is 7.42. The van der Waals surface area contributed by atoms with Crippen LogP contribution in [-0.2, 0) is 0 Å². The number of oxazole rings is 1. The van der Waals surface area contributed by atoms with Crippen LogP contribution in [0, 0.1) is 0 Å².